The third-order valence-electron chi connectivity index (χ3n) is 3.53. The van der Waals surface area contributed by atoms with Crippen LogP contribution in [-0.2, 0) is 0 Å². The minimum Gasteiger partial charge on any atom is -0.495 e. The number of anilines is 3. The van der Waals surface area contributed by atoms with Crippen molar-refractivity contribution in [3.05, 3.63) is 47.3 Å². The number of nitrogens with zero attached hydrogens (tertiary/aromatic N) is 2. The Morgan fingerprint density at radius 1 is 1.04 bits per heavy atom. The molecule has 2 aromatic carbocycles. The monoisotopic (exact) mass is 352 g/mol. The number of hydrogen-bond donors (Lipinski definition) is 2. The fourth-order valence-corrected chi connectivity index (χ4v) is 2.43. The summed E-state index contributed by atoms with van der Waals surface area (Å²) in [5.74, 6) is -4.98. The second-order valence-corrected chi connectivity index (χ2v) is 5.17. The molecule has 0 radical (unpaired) electrons. The van der Waals surface area contributed by atoms with Gasteiger partial charge in [0.15, 0.2) is 17.5 Å². The minimum atomic E-state index is -1.53. The standard InChI is InChI=1S/C16H12F4N4O/c1-6-22-14-10(16(21)23-6)11(18)12(19)15(13(14)20)24-8-5-7(17)3-4-9(8)25-2/h3-5,24H,1-2H3,(H2,21,22,23). The van der Waals surface area contributed by atoms with Crippen LogP contribution in [0, 0.1) is 30.2 Å². The molecule has 0 bridgehead atoms. The number of aryl methyl sites for hydroxylation is 1. The van der Waals surface area contributed by atoms with Gasteiger partial charge in [-0.2, -0.15) is 0 Å². The van der Waals surface area contributed by atoms with Crippen LogP contribution in [0.1, 0.15) is 5.82 Å². The van der Waals surface area contributed by atoms with E-state index < -0.39 is 39.9 Å². The summed E-state index contributed by atoms with van der Waals surface area (Å²) in [6, 6.07) is 3.32. The van der Waals surface area contributed by atoms with Crippen LogP contribution in [0.25, 0.3) is 10.9 Å². The molecule has 1 heterocycles. The number of nitrogens with two attached hydrogens (primary N) is 1. The van der Waals surface area contributed by atoms with Gasteiger partial charge in [0.2, 0.25) is 0 Å². The Morgan fingerprint density at radius 3 is 2.44 bits per heavy atom. The van der Waals surface area contributed by atoms with E-state index in [1.54, 1.807) is 0 Å². The summed E-state index contributed by atoms with van der Waals surface area (Å²) in [6.45, 7) is 1.43. The number of benzene rings is 2. The summed E-state index contributed by atoms with van der Waals surface area (Å²) < 4.78 is 61.9. The van der Waals surface area contributed by atoms with E-state index >= 15 is 0 Å². The Bertz CT molecular complexity index is 994. The van der Waals surface area contributed by atoms with Crippen molar-refractivity contribution in [3.8, 4) is 5.75 Å². The van der Waals surface area contributed by atoms with Crippen LogP contribution < -0.4 is 15.8 Å². The molecule has 0 aliphatic rings. The van der Waals surface area contributed by atoms with Crippen molar-refractivity contribution in [3.63, 3.8) is 0 Å². The number of halogens is 4. The van der Waals surface area contributed by atoms with E-state index in [0.717, 1.165) is 12.1 Å². The van der Waals surface area contributed by atoms with E-state index in [4.69, 9.17) is 10.5 Å². The molecule has 0 atom stereocenters. The smallest absolute Gasteiger partial charge is 0.186 e. The number of hydrogen-bond acceptors (Lipinski definition) is 5. The largest absolute Gasteiger partial charge is 0.495 e. The van der Waals surface area contributed by atoms with Gasteiger partial charge in [-0.25, -0.2) is 27.5 Å². The van der Waals surface area contributed by atoms with Gasteiger partial charge < -0.3 is 15.8 Å². The average molecular weight is 352 g/mol. The molecule has 3 aromatic rings. The highest BCUT2D eigenvalue weighted by Crippen LogP contribution is 2.36. The highest BCUT2D eigenvalue weighted by molar-refractivity contribution is 5.92. The summed E-state index contributed by atoms with van der Waals surface area (Å²) in [5, 5.41) is 1.76. The normalized spacial score (nSPS) is 11.0. The first-order chi connectivity index (χ1) is 11.8. The van der Waals surface area contributed by atoms with Crippen molar-refractivity contribution in [2.24, 2.45) is 0 Å². The van der Waals surface area contributed by atoms with Crippen LogP contribution in [0.15, 0.2) is 18.2 Å². The fourth-order valence-electron chi connectivity index (χ4n) is 2.43. The van der Waals surface area contributed by atoms with Crippen molar-refractivity contribution < 1.29 is 22.3 Å². The number of aromatic nitrogens is 2. The first-order valence-corrected chi connectivity index (χ1v) is 7.04. The van der Waals surface area contributed by atoms with Gasteiger partial charge in [-0.3, -0.25) is 0 Å². The van der Waals surface area contributed by atoms with Crippen molar-refractivity contribution in [2.75, 3.05) is 18.2 Å². The summed E-state index contributed by atoms with van der Waals surface area (Å²) in [5.41, 5.74) is 4.14. The lowest BCUT2D eigenvalue weighted by Crippen LogP contribution is -2.07. The highest BCUT2D eigenvalue weighted by Gasteiger charge is 2.24. The molecule has 9 heteroatoms. The van der Waals surface area contributed by atoms with E-state index in [-0.39, 0.29) is 23.1 Å². The van der Waals surface area contributed by atoms with Gasteiger partial charge in [0.1, 0.15) is 34.4 Å². The van der Waals surface area contributed by atoms with E-state index in [1.165, 1.54) is 20.1 Å². The molecule has 0 unspecified atom stereocenters. The van der Waals surface area contributed by atoms with Gasteiger partial charge in [0.25, 0.3) is 0 Å². The molecule has 0 fully saturated rings. The van der Waals surface area contributed by atoms with Crippen molar-refractivity contribution in [1.82, 2.24) is 9.97 Å². The van der Waals surface area contributed by atoms with Crippen molar-refractivity contribution in [2.45, 2.75) is 6.92 Å². The lowest BCUT2D eigenvalue weighted by atomic mass is 10.1. The average Bonchev–Trinajstić information content (AvgIpc) is 2.56. The molecule has 0 saturated carbocycles. The number of rotatable bonds is 3. The first kappa shape index (κ1) is 16.7. The summed E-state index contributed by atoms with van der Waals surface area (Å²) in [7, 11) is 1.30. The maximum atomic E-state index is 14.7. The number of ether oxygens (including phenoxy) is 1. The van der Waals surface area contributed by atoms with Gasteiger partial charge in [0.05, 0.1) is 18.2 Å². The lowest BCUT2D eigenvalue weighted by molar-refractivity contribution is 0.415. The Morgan fingerprint density at radius 2 is 1.76 bits per heavy atom. The minimum absolute atomic E-state index is 0.0854. The zero-order chi connectivity index (χ0) is 18.3. The predicted octanol–water partition coefficient (Wildman–Crippen LogP) is 3.83. The predicted molar refractivity (Wildman–Crippen MR) is 84.8 cm³/mol. The summed E-state index contributed by atoms with van der Waals surface area (Å²) >= 11 is 0. The lowest BCUT2D eigenvalue weighted by Gasteiger charge is -2.15. The Balaban J connectivity index is 2.26. The van der Waals surface area contributed by atoms with Crippen molar-refractivity contribution >= 4 is 28.1 Å². The maximum absolute atomic E-state index is 14.7. The second-order valence-electron chi connectivity index (χ2n) is 5.17. The molecule has 0 saturated heterocycles. The Hall–Kier alpha value is -3.10. The third-order valence-corrected chi connectivity index (χ3v) is 3.53. The first-order valence-electron chi connectivity index (χ1n) is 7.04. The number of nitrogens with one attached hydrogen (secondary N) is 1. The SMILES string of the molecule is COc1ccc(F)cc1Nc1c(F)c(F)c2c(N)nc(C)nc2c1F. The molecular formula is C16H12F4N4O. The quantitative estimate of drug-likeness (QED) is 0.554. The molecule has 0 aliphatic carbocycles. The highest BCUT2D eigenvalue weighted by atomic mass is 19.2. The van der Waals surface area contributed by atoms with E-state index in [0.29, 0.717) is 0 Å². The number of nitrogen functional groups attached to an aromatic ring is 1. The van der Waals surface area contributed by atoms with Crippen LogP contribution >= 0.6 is 0 Å². The van der Waals surface area contributed by atoms with E-state index in [1.807, 2.05) is 0 Å². The molecule has 5 nitrogen and oxygen atoms in total. The van der Waals surface area contributed by atoms with Gasteiger partial charge in [-0.1, -0.05) is 0 Å². The van der Waals surface area contributed by atoms with Crippen LogP contribution in [0.2, 0.25) is 0 Å². The molecule has 3 rings (SSSR count). The van der Waals surface area contributed by atoms with Gasteiger partial charge in [-0.15, -0.1) is 0 Å². The molecule has 1 aromatic heterocycles. The molecule has 3 N–H and O–H groups in total. The number of fused-ring (bicyclic) bond motifs is 1. The molecular weight excluding hydrogens is 340 g/mol. The Labute approximate surface area is 139 Å². The molecule has 0 spiro atoms. The summed E-state index contributed by atoms with van der Waals surface area (Å²) in [6.07, 6.45) is 0. The van der Waals surface area contributed by atoms with Gasteiger partial charge in [0, 0.05) is 6.07 Å². The number of methoxy groups -OCH3 is 1. The topological polar surface area (TPSA) is 73.1 Å². The summed E-state index contributed by atoms with van der Waals surface area (Å²) in [4.78, 5) is 7.48. The van der Waals surface area contributed by atoms with Crippen LogP contribution in [-0.4, -0.2) is 17.1 Å². The maximum Gasteiger partial charge on any atom is 0.186 e. The van der Waals surface area contributed by atoms with Crippen LogP contribution in [0.3, 0.4) is 0 Å². The fraction of sp³-hybridized carbons (Fsp3) is 0.125. The van der Waals surface area contributed by atoms with Crippen molar-refractivity contribution in [1.29, 1.82) is 0 Å². The molecule has 25 heavy (non-hydrogen) atoms. The zero-order valence-corrected chi connectivity index (χ0v) is 13.1. The second kappa shape index (κ2) is 6.08. The van der Waals surface area contributed by atoms with Crippen LogP contribution in [0.5, 0.6) is 5.75 Å². The Kier molecular flexibility index (Phi) is 4.07. The van der Waals surface area contributed by atoms with Gasteiger partial charge in [-0.05, 0) is 19.1 Å². The van der Waals surface area contributed by atoms with Crippen LogP contribution in [0.4, 0.5) is 34.8 Å². The zero-order valence-electron chi connectivity index (χ0n) is 13.1. The molecule has 130 valence electrons. The van der Waals surface area contributed by atoms with E-state index in [2.05, 4.69) is 15.3 Å². The molecule has 0 amide bonds. The third kappa shape index (κ3) is 2.77. The van der Waals surface area contributed by atoms with E-state index in [9.17, 15) is 17.6 Å². The molecule has 0 aliphatic heterocycles. The van der Waals surface area contributed by atoms with Gasteiger partial charge >= 0.3 is 0 Å².